The average Bonchev–Trinajstić information content (AvgIpc) is 2.43. The van der Waals surface area contributed by atoms with E-state index >= 15 is 0 Å². The number of hydrogen-bond donors (Lipinski definition) is 1. The number of rotatable bonds is 6. The summed E-state index contributed by atoms with van der Waals surface area (Å²) in [4.78, 5) is 0. The molecule has 0 spiro atoms. The van der Waals surface area contributed by atoms with Crippen molar-refractivity contribution < 1.29 is 9.13 Å². The lowest BCUT2D eigenvalue weighted by Gasteiger charge is -2.13. The van der Waals surface area contributed by atoms with Crippen LogP contribution in [0, 0.1) is 11.7 Å². The van der Waals surface area contributed by atoms with Crippen LogP contribution in [0.1, 0.15) is 19.4 Å². The maximum atomic E-state index is 12.9. The van der Waals surface area contributed by atoms with Crippen molar-refractivity contribution in [1.29, 1.82) is 0 Å². The molecular weight excluding hydrogens is 289 g/mol. The van der Waals surface area contributed by atoms with Crippen molar-refractivity contribution in [1.82, 2.24) is 5.32 Å². The van der Waals surface area contributed by atoms with Crippen LogP contribution in [0.25, 0.3) is 0 Å². The van der Waals surface area contributed by atoms with E-state index in [-0.39, 0.29) is 5.82 Å². The number of halogens is 2. The molecule has 2 aromatic carbocycles. The molecule has 2 nitrogen and oxygen atoms in total. The Hall–Kier alpha value is -1.58. The van der Waals surface area contributed by atoms with E-state index in [2.05, 4.69) is 19.2 Å². The predicted octanol–water partition coefficient (Wildman–Crippen LogP) is 5.02. The van der Waals surface area contributed by atoms with Crippen molar-refractivity contribution in [3.05, 3.63) is 58.9 Å². The minimum absolute atomic E-state index is 0.280. The van der Waals surface area contributed by atoms with Crippen molar-refractivity contribution in [2.75, 3.05) is 6.54 Å². The van der Waals surface area contributed by atoms with Gasteiger partial charge in [-0.2, -0.15) is 0 Å². The smallest absolute Gasteiger partial charge is 0.132 e. The SMILES string of the molecule is CC(C)CNCc1cc(Cl)ccc1Oc1ccc(F)cc1. The van der Waals surface area contributed by atoms with Gasteiger partial charge in [-0.05, 0) is 54.9 Å². The van der Waals surface area contributed by atoms with Gasteiger partial charge in [-0.3, -0.25) is 0 Å². The third-order valence-electron chi connectivity index (χ3n) is 2.93. The summed E-state index contributed by atoms with van der Waals surface area (Å²) in [6.45, 7) is 5.90. The first kappa shape index (κ1) is 15.8. The fourth-order valence-corrected chi connectivity index (χ4v) is 2.11. The first-order valence-electron chi connectivity index (χ1n) is 6.97. The highest BCUT2D eigenvalue weighted by atomic mass is 35.5. The topological polar surface area (TPSA) is 21.3 Å². The molecule has 0 atom stereocenters. The molecule has 0 unspecified atom stereocenters. The van der Waals surface area contributed by atoms with Crippen LogP contribution in [0.4, 0.5) is 4.39 Å². The lowest BCUT2D eigenvalue weighted by molar-refractivity contribution is 0.467. The summed E-state index contributed by atoms with van der Waals surface area (Å²) >= 11 is 6.05. The molecule has 1 N–H and O–H groups in total. The van der Waals surface area contributed by atoms with E-state index in [1.54, 1.807) is 18.2 Å². The predicted molar refractivity (Wildman–Crippen MR) is 84.5 cm³/mol. The molecule has 2 aromatic rings. The average molecular weight is 308 g/mol. The third-order valence-corrected chi connectivity index (χ3v) is 3.17. The monoisotopic (exact) mass is 307 g/mol. The van der Waals surface area contributed by atoms with Gasteiger partial charge in [0.05, 0.1) is 0 Å². The summed E-state index contributed by atoms with van der Waals surface area (Å²) in [5.41, 5.74) is 0.979. The van der Waals surface area contributed by atoms with Crippen LogP contribution >= 0.6 is 11.6 Å². The molecule has 0 radical (unpaired) electrons. The molecule has 0 amide bonds. The summed E-state index contributed by atoms with van der Waals surface area (Å²) in [6, 6.07) is 11.5. The second-order valence-corrected chi connectivity index (χ2v) is 5.77. The normalized spacial score (nSPS) is 10.9. The zero-order valence-corrected chi connectivity index (χ0v) is 13.0. The molecule has 0 saturated carbocycles. The first-order chi connectivity index (χ1) is 10.0. The zero-order chi connectivity index (χ0) is 15.2. The standard InChI is InChI=1S/C17H19ClFNO/c1-12(2)10-20-11-13-9-14(18)3-8-17(13)21-16-6-4-15(19)5-7-16/h3-9,12,20H,10-11H2,1-2H3. The molecule has 0 heterocycles. The molecule has 0 saturated heterocycles. The van der Waals surface area contributed by atoms with Crippen molar-refractivity contribution in [3.63, 3.8) is 0 Å². The van der Waals surface area contributed by atoms with E-state index in [0.29, 0.717) is 23.2 Å². The second-order valence-electron chi connectivity index (χ2n) is 5.33. The molecule has 0 aliphatic heterocycles. The van der Waals surface area contributed by atoms with E-state index in [4.69, 9.17) is 16.3 Å². The minimum atomic E-state index is -0.280. The third kappa shape index (κ3) is 5.03. The van der Waals surface area contributed by atoms with Crippen LogP contribution in [0.5, 0.6) is 11.5 Å². The minimum Gasteiger partial charge on any atom is -0.457 e. The Labute approximate surface area is 129 Å². The summed E-state index contributed by atoms with van der Waals surface area (Å²) in [7, 11) is 0. The molecule has 112 valence electrons. The van der Waals surface area contributed by atoms with Gasteiger partial charge in [0, 0.05) is 17.1 Å². The van der Waals surface area contributed by atoms with E-state index in [9.17, 15) is 4.39 Å². The Morgan fingerprint density at radius 1 is 1.14 bits per heavy atom. The Balaban J connectivity index is 2.12. The zero-order valence-electron chi connectivity index (χ0n) is 12.2. The van der Waals surface area contributed by atoms with Crippen LogP contribution in [-0.4, -0.2) is 6.54 Å². The molecule has 0 aliphatic carbocycles. The highest BCUT2D eigenvalue weighted by molar-refractivity contribution is 6.30. The van der Waals surface area contributed by atoms with Gasteiger partial charge >= 0.3 is 0 Å². The second kappa shape index (κ2) is 7.43. The quantitative estimate of drug-likeness (QED) is 0.809. The number of hydrogen-bond acceptors (Lipinski definition) is 2. The molecule has 0 aromatic heterocycles. The molecule has 0 bridgehead atoms. The maximum absolute atomic E-state index is 12.9. The largest absolute Gasteiger partial charge is 0.457 e. The lowest BCUT2D eigenvalue weighted by atomic mass is 10.1. The van der Waals surface area contributed by atoms with E-state index in [1.165, 1.54) is 12.1 Å². The molecule has 0 aliphatic rings. The van der Waals surface area contributed by atoms with Crippen molar-refractivity contribution in [2.45, 2.75) is 20.4 Å². The van der Waals surface area contributed by atoms with E-state index in [0.717, 1.165) is 17.9 Å². The fraction of sp³-hybridized carbons (Fsp3) is 0.294. The summed E-state index contributed by atoms with van der Waals surface area (Å²) in [5.74, 6) is 1.62. The molecule has 2 rings (SSSR count). The van der Waals surface area contributed by atoms with Crippen molar-refractivity contribution >= 4 is 11.6 Å². The first-order valence-corrected chi connectivity index (χ1v) is 7.35. The van der Waals surface area contributed by atoms with Gasteiger partial charge < -0.3 is 10.1 Å². The molecule has 4 heteroatoms. The van der Waals surface area contributed by atoms with Crippen molar-refractivity contribution in [2.24, 2.45) is 5.92 Å². The highest BCUT2D eigenvalue weighted by Crippen LogP contribution is 2.28. The highest BCUT2D eigenvalue weighted by Gasteiger charge is 2.07. The number of ether oxygens (including phenoxy) is 1. The van der Waals surface area contributed by atoms with Gasteiger partial charge in [0.15, 0.2) is 0 Å². The van der Waals surface area contributed by atoms with Crippen LogP contribution in [-0.2, 0) is 6.54 Å². The van der Waals surface area contributed by atoms with Gasteiger partial charge in [-0.1, -0.05) is 25.4 Å². The van der Waals surface area contributed by atoms with Gasteiger partial charge in [-0.15, -0.1) is 0 Å². The van der Waals surface area contributed by atoms with Gasteiger partial charge in [0.1, 0.15) is 17.3 Å². The van der Waals surface area contributed by atoms with Gasteiger partial charge in [0.25, 0.3) is 0 Å². The molecule has 21 heavy (non-hydrogen) atoms. The molecule has 0 fully saturated rings. The number of benzene rings is 2. The van der Waals surface area contributed by atoms with Crippen molar-refractivity contribution in [3.8, 4) is 11.5 Å². The Bertz CT molecular complexity index is 584. The summed E-state index contributed by atoms with van der Waals surface area (Å²) in [6.07, 6.45) is 0. The van der Waals surface area contributed by atoms with Crippen LogP contribution in [0.3, 0.4) is 0 Å². The fourth-order valence-electron chi connectivity index (χ4n) is 1.91. The summed E-state index contributed by atoms with van der Waals surface area (Å²) < 4.78 is 18.7. The maximum Gasteiger partial charge on any atom is 0.132 e. The summed E-state index contributed by atoms with van der Waals surface area (Å²) in [5, 5.41) is 4.03. The number of nitrogens with one attached hydrogen (secondary N) is 1. The Morgan fingerprint density at radius 2 is 1.86 bits per heavy atom. The Morgan fingerprint density at radius 3 is 2.52 bits per heavy atom. The Kier molecular flexibility index (Phi) is 5.59. The van der Waals surface area contributed by atoms with Gasteiger partial charge in [-0.25, -0.2) is 4.39 Å². The van der Waals surface area contributed by atoms with Crippen LogP contribution in [0.2, 0.25) is 5.02 Å². The van der Waals surface area contributed by atoms with E-state index in [1.807, 2.05) is 12.1 Å². The lowest BCUT2D eigenvalue weighted by Crippen LogP contribution is -2.19. The van der Waals surface area contributed by atoms with Gasteiger partial charge in [0.2, 0.25) is 0 Å². The molecular formula is C17H19ClFNO. The van der Waals surface area contributed by atoms with Crippen LogP contribution in [0.15, 0.2) is 42.5 Å². The van der Waals surface area contributed by atoms with E-state index < -0.39 is 0 Å². The van der Waals surface area contributed by atoms with Crippen LogP contribution < -0.4 is 10.1 Å².